The number of unbranched alkanes of at least 4 members (excludes halogenated alkanes) is 1. The highest BCUT2D eigenvalue weighted by atomic mass is 19.4. The predicted octanol–water partition coefficient (Wildman–Crippen LogP) is 5.40. The Kier molecular flexibility index (Phi) is 7.90. The quantitative estimate of drug-likeness (QED) is 0.635. The first kappa shape index (κ1) is 23.1. The van der Waals surface area contributed by atoms with Crippen LogP contribution in [-0.4, -0.2) is 46.5 Å². The highest BCUT2D eigenvalue weighted by Crippen LogP contribution is 2.31. The van der Waals surface area contributed by atoms with Crippen molar-refractivity contribution < 1.29 is 18.0 Å². The van der Waals surface area contributed by atoms with Gasteiger partial charge in [0.1, 0.15) is 0 Å². The third kappa shape index (κ3) is 6.69. The van der Waals surface area contributed by atoms with Gasteiger partial charge < -0.3 is 15.1 Å². The van der Waals surface area contributed by atoms with Crippen molar-refractivity contribution >= 4 is 11.7 Å². The lowest BCUT2D eigenvalue weighted by Crippen LogP contribution is -2.48. The van der Waals surface area contributed by atoms with Crippen molar-refractivity contribution in [1.29, 1.82) is 0 Å². The number of rotatable bonds is 7. The Hall–Kier alpha value is -2.61. The van der Waals surface area contributed by atoms with E-state index in [0.29, 0.717) is 6.54 Å². The van der Waals surface area contributed by atoms with E-state index in [2.05, 4.69) is 22.1 Å². The van der Waals surface area contributed by atoms with Gasteiger partial charge in [-0.25, -0.2) is 4.79 Å². The molecule has 168 valence electrons. The van der Waals surface area contributed by atoms with Crippen LogP contribution in [0.2, 0.25) is 0 Å². The molecule has 1 saturated heterocycles. The second-order valence-electron chi connectivity index (χ2n) is 7.92. The molecule has 0 aliphatic carbocycles. The molecule has 1 aromatic heterocycles. The maximum absolute atomic E-state index is 13.1. The zero-order chi connectivity index (χ0) is 22.3. The molecule has 0 radical (unpaired) electrons. The molecule has 2 aromatic rings. The van der Waals surface area contributed by atoms with E-state index < -0.39 is 17.8 Å². The highest BCUT2D eigenvalue weighted by Gasteiger charge is 2.31. The van der Waals surface area contributed by atoms with E-state index in [1.807, 2.05) is 12.1 Å². The van der Waals surface area contributed by atoms with Gasteiger partial charge in [0.25, 0.3) is 0 Å². The number of piperidine rings is 1. The molecule has 0 atom stereocenters. The van der Waals surface area contributed by atoms with Crippen molar-refractivity contribution in [1.82, 2.24) is 14.8 Å². The molecule has 0 spiro atoms. The Balaban J connectivity index is 1.73. The van der Waals surface area contributed by atoms with Gasteiger partial charge >= 0.3 is 12.2 Å². The topological polar surface area (TPSA) is 48.5 Å². The lowest BCUT2D eigenvalue weighted by molar-refractivity contribution is -0.137. The fourth-order valence-electron chi connectivity index (χ4n) is 3.86. The number of carbonyl (C=O) groups excluding carboxylic acids is 1. The third-order valence-corrected chi connectivity index (χ3v) is 5.60. The molecule has 0 unspecified atom stereocenters. The van der Waals surface area contributed by atoms with Crippen molar-refractivity contribution in [3.63, 3.8) is 0 Å². The largest absolute Gasteiger partial charge is 0.416 e. The number of urea groups is 1. The van der Waals surface area contributed by atoms with Gasteiger partial charge in [0, 0.05) is 43.8 Å². The molecule has 8 heteroatoms. The number of halogens is 3. The number of benzene rings is 1. The summed E-state index contributed by atoms with van der Waals surface area (Å²) in [6.07, 6.45) is 2.89. The zero-order valence-corrected chi connectivity index (χ0v) is 17.7. The lowest BCUT2D eigenvalue weighted by atomic mass is 10.0. The second-order valence-corrected chi connectivity index (χ2v) is 7.92. The minimum Gasteiger partial charge on any atom is -0.317 e. The predicted molar refractivity (Wildman–Crippen MR) is 115 cm³/mol. The van der Waals surface area contributed by atoms with Crippen molar-refractivity contribution in [3.05, 3.63) is 59.9 Å². The van der Waals surface area contributed by atoms with Crippen LogP contribution in [0.4, 0.5) is 23.7 Å². The molecular formula is C23H29F3N4O. The molecule has 1 fully saturated rings. The van der Waals surface area contributed by atoms with Crippen LogP contribution in [0, 0.1) is 0 Å². The average molecular weight is 435 g/mol. The summed E-state index contributed by atoms with van der Waals surface area (Å²) >= 11 is 0. The van der Waals surface area contributed by atoms with E-state index in [1.54, 1.807) is 17.3 Å². The first-order valence-corrected chi connectivity index (χ1v) is 10.7. The number of amides is 2. The molecule has 0 bridgehead atoms. The number of aromatic nitrogens is 1. The van der Waals surface area contributed by atoms with Crippen LogP contribution in [-0.2, 0) is 12.7 Å². The van der Waals surface area contributed by atoms with Gasteiger partial charge in [-0.05, 0) is 55.6 Å². The molecule has 2 amide bonds. The molecule has 1 aliphatic heterocycles. The summed E-state index contributed by atoms with van der Waals surface area (Å²) in [4.78, 5) is 21.4. The van der Waals surface area contributed by atoms with E-state index in [0.717, 1.165) is 63.0 Å². The van der Waals surface area contributed by atoms with Crippen molar-refractivity contribution in [2.24, 2.45) is 0 Å². The van der Waals surface area contributed by atoms with Crippen LogP contribution in [0.3, 0.4) is 0 Å². The summed E-state index contributed by atoms with van der Waals surface area (Å²) in [5.74, 6) is 0. The summed E-state index contributed by atoms with van der Waals surface area (Å²) in [6, 6.07) is 8.07. The fraction of sp³-hybridized carbons (Fsp3) is 0.478. The fourth-order valence-corrected chi connectivity index (χ4v) is 3.86. The molecule has 1 N–H and O–H groups in total. The van der Waals surface area contributed by atoms with E-state index in [9.17, 15) is 18.0 Å². The molecule has 1 aromatic carbocycles. The van der Waals surface area contributed by atoms with Crippen LogP contribution < -0.4 is 5.32 Å². The van der Waals surface area contributed by atoms with Gasteiger partial charge in [-0.15, -0.1) is 0 Å². The molecular weight excluding hydrogens is 405 g/mol. The van der Waals surface area contributed by atoms with Crippen LogP contribution in [0.25, 0.3) is 0 Å². The van der Waals surface area contributed by atoms with Crippen LogP contribution in [0.15, 0.2) is 48.8 Å². The first-order chi connectivity index (χ1) is 14.9. The minimum atomic E-state index is -4.46. The van der Waals surface area contributed by atoms with Gasteiger partial charge in [-0.1, -0.05) is 25.5 Å². The molecule has 0 saturated carbocycles. The van der Waals surface area contributed by atoms with Gasteiger partial charge in [0.2, 0.25) is 0 Å². The Labute approximate surface area is 181 Å². The Morgan fingerprint density at radius 2 is 2.00 bits per heavy atom. The Morgan fingerprint density at radius 1 is 1.23 bits per heavy atom. The lowest BCUT2D eigenvalue weighted by Gasteiger charge is -2.38. The van der Waals surface area contributed by atoms with Crippen LogP contribution in [0.5, 0.6) is 0 Å². The number of alkyl halides is 3. The molecule has 3 rings (SSSR count). The van der Waals surface area contributed by atoms with Gasteiger partial charge in [0.05, 0.1) is 5.56 Å². The van der Waals surface area contributed by atoms with Crippen molar-refractivity contribution in [2.45, 2.75) is 51.4 Å². The van der Waals surface area contributed by atoms with Crippen LogP contribution >= 0.6 is 0 Å². The zero-order valence-electron chi connectivity index (χ0n) is 17.7. The maximum atomic E-state index is 13.1. The Morgan fingerprint density at radius 3 is 2.65 bits per heavy atom. The summed E-state index contributed by atoms with van der Waals surface area (Å²) in [5.41, 5.74) is 0.236. The summed E-state index contributed by atoms with van der Waals surface area (Å²) in [5, 5.41) is 2.67. The summed E-state index contributed by atoms with van der Waals surface area (Å²) < 4.78 is 39.1. The summed E-state index contributed by atoms with van der Waals surface area (Å²) in [6.45, 7) is 5.40. The number of nitrogens with zero attached hydrogens (tertiary/aromatic N) is 3. The number of hydrogen-bond donors (Lipinski definition) is 1. The molecule has 5 nitrogen and oxygen atoms in total. The number of likely N-dealkylation sites (tertiary alicyclic amines) is 1. The summed E-state index contributed by atoms with van der Waals surface area (Å²) in [7, 11) is 0. The van der Waals surface area contributed by atoms with Gasteiger partial charge in [0.15, 0.2) is 0 Å². The standard InChI is InChI=1S/C23H29F3N4O/c1-2-3-12-29-13-9-21(10-14-29)30(17-18-6-5-11-27-16-18)22(31)28-20-8-4-7-19(15-20)23(24,25)26/h4-8,11,15-16,21H,2-3,9-10,12-14,17H2,1H3,(H,28,31). The third-order valence-electron chi connectivity index (χ3n) is 5.60. The second kappa shape index (κ2) is 10.6. The van der Waals surface area contributed by atoms with E-state index in [4.69, 9.17) is 0 Å². The van der Waals surface area contributed by atoms with E-state index in [-0.39, 0.29) is 11.7 Å². The first-order valence-electron chi connectivity index (χ1n) is 10.7. The van der Waals surface area contributed by atoms with Crippen molar-refractivity contribution in [2.75, 3.05) is 25.0 Å². The number of pyridine rings is 1. The SMILES string of the molecule is CCCCN1CCC(N(Cc2cccnc2)C(=O)Nc2cccc(C(F)(F)F)c2)CC1. The van der Waals surface area contributed by atoms with Gasteiger partial charge in [-0.2, -0.15) is 13.2 Å². The molecule has 31 heavy (non-hydrogen) atoms. The monoisotopic (exact) mass is 434 g/mol. The number of anilines is 1. The molecule has 2 heterocycles. The van der Waals surface area contributed by atoms with Crippen LogP contribution in [0.1, 0.15) is 43.7 Å². The van der Waals surface area contributed by atoms with E-state index in [1.165, 1.54) is 12.1 Å². The maximum Gasteiger partial charge on any atom is 0.416 e. The molecule has 1 aliphatic rings. The van der Waals surface area contributed by atoms with Gasteiger partial charge in [-0.3, -0.25) is 4.98 Å². The number of nitrogens with one attached hydrogen (secondary N) is 1. The van der Waals surface area contributed by atoms with E-state index >= 15 is 0 Å². The highest BCUT2D eigenvalue weighted by molar-refractivity contribution is 5.89. The number of hydrogen-bond acceptors (Lipinski definition) is 3. The number of carbonyl (C=O) groups is 1. The Bertz CT molecular complexity index is 836. The van der Waals surface area contributed by atoms with Crippen molar-refractivity contribution in [3.8, 4) is 0 Å². The smallest absolute Gasteiger partial charge is 0.317 e. The average Bonchev–Trinajstić information content (AvgIpc) is 2.77. The minimum absolute atomic E-state index is 0.0175. The normalized spacial score (nSPS) is 15.6.